The Morgan fingerprint density at radius 2 is 1.19 bits per heavy atom. The maximum Gasteiger partial charge on any atom is 0.314 e. The number of ether oxygens (including phenoxy) is 2. The lowest BCUT2D eigenvalue weighted by molar-refractivity contribution is -0.153. The molecule has 2 aromatic rings. The fourth-order valence-corrected chi connectivity index (χ4v) is 3.63. The summed E-state index contributed by atoms with van der Waals surface area (Å²) in [5.74, 6) is -2.52. The van der Waals surface area contributed by atoms with Gasteiger partial charge in [-0.1, -0.05) is 56.1 Å². The molecule has 2 atom stereocenters. The molecule has 0 heterocycles. The zero-order chi connectivity index (χ0) is 19.1. The third-order valence-corrected chi connectivity index (χ3v) is 4.82. The molecular formula is C20H20Br2O4. The largest absolute Gasteiger partial charge is 0.465 e. The molecule has 2 aromatic carbocycles. The molecular weight excluding hydrogens is 464 g/mol. The van der Waals surface area contributed by atoms with Crippen LogP contribution in [0.25, 0.3) is 0 Å². The minimum atomic E-state index is -0.805. The second kappa shape index (κ2) is 9.88. The number of carbonyl (C=O) groups is 2. The van der Waals surface area contributed by atoms with Crippen LogP contribution < -0.4 is 0 Å². The van der Waals surface area contributed by atoms with E-state index in [0.29, 0.717) is 11.1 Å². The number of rotatable bonds is 7. The van der Waals surface area contributed by atoms with Crippen molar-refractivity contribution in [1.29, 1.82) is 0 Å². The second-order valence-electron chi connectivity index (χ2n) is 5.57. The van der Waals surface area contributed by atoms with Crippen LogP contribution in [0.3, 0.4) is 0 Å². The van der Waals surface area contributed by atoms with Gasteiger partial charge in [0.1, 0.15) is 0 Å². The van der Waals surface area contributed by atoms with Gasteiger partial charge in [-0.25, -0.2) is 0 Å². The normalized spacial score (nSPS) is 12.9. The van der Waals surface area contributed by atoms with Crippen LogP contribution in [0.15, 0.2) is 57.5 Å². The Bertz CT molecular complexity index is 710. The molecule has 0 fully saturated rings. The Balaban J connectivity index is 2.60. The van der Waals surface area contributed by atoms with Gasteiger partial charge in [0, 0.05) is 8.95 Å². The topological polar surface area (TPSA) is 52.6 Å². The number of hydrogen-bond donors (Lipinski definition) is 0. The van der Waals surface area contributed by atoms with Crippen LogP contribution in [0.5, 0.6) is 0 Å². The third kappa shape index (κ3) is 5.17. The number of benzene rings is 2. The number of esters is 2. The monoisotopic (exact) mass is 482 g/mol. The molecule has 6 heteroatoms. The Hall–Kier alpha value is -1.66. The molecule has 0 aliphatic rings. The van der Waals surface area contributed by atoms with Crippen LogP contribution in [0.1, 0.15) is 36.8 Å². The molecule has 0 N–H and O–H groups in total. The van der Waals surface area contributed by atoms with Gasteiger partial charge < -0.3 is 9.47 Å². The Morgan fingerprint density at radius 3 is 1.50 bits per heavy atom. The molecule has 0 aliphatic carbocycles. The maximum atomic E-state index is 12.8. The fraction of sp³-hybridized carbons (Fsp3) is 0.300. The van der Waals surface area contributed by atoms with Crippen LogP contribution in [-0.2, 0) is 19.1 Å². The summed E-state index contributed by atoms with van der Waals surface area (Å²) in [7, 11) is 0. The van der Waals surface area contributed by atoms with Crippen molar-refractivity contribution in [3.05, 3.63) is 68.6 Å². The van der Waals surface area contributed by atoms with E-state index in [9.17, 15) is 9.59 Å². The molecule has 0 amide bonds. The highest BCUT2D eigenvalue weighted by molar-refractivity contribution is 9.10. The van der Waals surface area contributed by atoms with Crippen molar-refractivity contribution in [3.8, 4) is 0 Å². The van der Waals surface area contributed by atoms with Gasteiger partial charge in [0.05, 0.1) is 25.0 Å². The molecule has 26 heavy (non-hydrogen) atoms. The third-order valence-electron chi connectivity index (χ3n) is 3.83. The van der Waals surface area contributed by atoms with Crippen molar-refractivity contribution >= 4 is 43.8 Å². The van der Waals surface area contributed by atoms with E-state index in [1.54, 1.807) is 13.8 Å². The summed E-state index contributed by atoms with van der Waals surface area (Å²) in [6.07, 6.45) is 0. The van der Waals surface area contributed by atoms with Crippen molar-refractivity contribution in [1.82, 2.24) is 0 Å². The minimum Gasteiger partial charge on any atom is -0.465 e. The van der Waals surface area contributed by atoms with E-state index in [2.05, 4.69) is 31.9 Å². The van der Waals surface area contributed by atoms with Gasteiger partial charge in [-0.2, -0.15) is 0 Å². The van der Waals surface area contributed by atoms with E-state index < -0.39 is 23.8 Å². The molecule has 2 unspecified atom stereocenters. The first kappa shape index (κ1) is 20.6. The summed E-state index contributed by atoms with van der Waals surface area (Å²) in [5, 5.41) is 0. The summed E-state index contributed by atoms with van der Waals surface area (Å²) in [6, 6.07) is 14.7. The molecule has 0 aromatic heterocycles. The molecule has 0 aliphatic heterocycles. The van der Waals surface area contributed by atoms with Gasteiger partial charge >= 0.3 is 11.9 Å². The molecule has 138 valence electrons. The average molecular weight is 484 g/mol. The first-order valence-corrected chi connectivity index (χ1v) is 9.90. The lowest BCUT2D eigenvalue weighted by Crippen LogP contribution is -2.29. The predicted molar refractivity (Wildman–Crippen MR) is 107 cm³/mol. The number of carbonyl (C=O) groups excluding carboxylic acids is 2. The molecule has 2 rings (SSSR count). The molecule has 0 saturated carbocycles. The first-order chi connectivity index (χ1) is 12.5. The van der Waals surface area contributed by atoms with Gasteiger partial charge in [-0.05, 0) is 49.2 Å². The molecule has 0 saturated heterocycles. The van der Waals surface area contributed by atoms with E-state index in [0.717, 1.165) is 8.95 Å². The van der Waals surface area contributed by atoms with Gasteiger partial charge in [0.25, 0.3) is 0 Å². The van der Waals surface area contributed by atoms with Crippen LogP contribution in [0, 0.1) is 0 Å². The minimum absolute atomic E-state index is 0.233. The lowest BCUT2D eigenvalue weighted by Gasteiger charge is -2.25. The van der Waals surface area contributed by atoms with Crippen molar-refractivity contribution in [3.63, 3.8) is 0 Å². The lowest BCUT2D eigenvalue weighted by atomic mass is 9.81. The maximum absolute atomic E-state index is 12.8. The van der Waals surface area contributed by atoms with Crippen LogP contribution in [-0.4, -0.2) is 25.2 Å². The zero-order valence-corrected chi connectivity index (χ0v) is 17.7. The predicted octanol–water partition coefficient (Wildman–Crippen LogP) is 5.21. The van der Waals surface area contributed by atoms with Crippen LogP contribution >= 0.6 is 31.9 Å². The van der Waals surface area contributed by atoms with Gasteiger partial charge in [0.15, 0.2) is 0 Å². The van der Waals surface area contributed by atoms with Crippen molar-refractivity contribution < 1.29 is 19.1 Å². The molecule has 0 bridgehead atoms. The summed E-state index contributed by atoms with van der Waals surface area (Å²) in [4.78, 5) is 25.6. The van der Waals surface area contributed by atoms with Crippen molar-refractivity contribution in [2.45, 2.75) is 25.7 Å². The fourth-order valence-electron chi connectivity index (χ4n) is 2.79. The van der Waals surface area contributed by atoms with E-state index in [4.69, 9.17) is 9.47 Å². The summed E-state index contributed by atoms with van der Waals surface area (Å²) >= 11 is 6.86. The smallest absolute Gasteiger partial charge is 0.314 e. The standard InChI is InChI=1S/C20H20Br2O4/c1-3-25-19(23)17(13-7-5-9-15(21)11-13)18(20(24)26-4-2)14-8-6-10-16(22)12-14/h5-12,17-18H,3-4H2,1-2H3. The average Bonchev–Trinajstić information content (AvgIpc) is 2.59. The Labute approximate surface area is 170 Å². The molecule has 4 nitrogen and oxygen atoms in total. The summed E-state index contributed by atoms with van der Waals surface area (Å²) < 4.78 is 12.2. The van der Waals surface area contributed by atoms with Gasteiger partial charge in [-0.15, -0.1) is 0 Å². The summed E-state index contributed by atoms with van der Waals surface area (Å²) in [5.41, 5.74) is 1.38. The van der Waals surface area contributed by atoms with E-state index in [-0.39, 0.29) is 13.2 Å². The van der Waals surface area contributed by atoms with Gasteiger partial charge in [0.2, 0.25) is 0 Å². The highest BCUT2D eigenvalue weighted by Gasteiger charge is 2.38. The van der Waals surface area contributed by atoms with E-state index in [1.165, 1.54) is 0 Å². The molecule has 0 spiro atoms. The van der Waals surface area contributed by atoms with E-state index in [1.807, 2.05) is 48.5 Å². The highest BCUT2D eigenvalue weighted by Crippen LogP contribution is 2.37. The van der Waals surface area contributed by atoms with Crippen LogP contribution in [0.2, 0.25) is 0 Å². The molecule has 0 radical (unpaired) electrons. The van der Waals surface area contributed by atoms with E-state index >= 15 is 0 Å². The summed E-state index contributed by atoms with van der Waals surface area (Å²) in [6.45, 7) is 3.96. The zero-order valence-electron chi connectivity index (χ0n) is 14.6. The Morgan fingerprint density at radius 1 is 0.808 bits per heavy atom. The second-order valence-corrected chi connectivity index (χ2v) is 7.40. The van der Waals surface area contributed by atoms with Crippen molar-refractivity contribution in [2.24, 2.45) is 0 Å². The number of halogens is 2. The number of hydrogen-bond acceptors (Lipinski definition) is 4. The van der Waals surface area contributed by atoms with Crippen molar-refractivity contribution in [2.75, 3.05) is 13.2 Å². The Kier molecular flexibility index (Phi) is 7.85. The first-order valence-electron chi connectivity index (χ1n) is 8.32. The van der Waals surface area contributed by atoms with Gasteiger partial charge in [-0.3, -0.25) is 9.59 Å². The van der Waals surface area contributed by atoms with Crippen LogP contribution in [0.4, 0.5) is 0 Å². The highest BCUT2D eigenvalue weighted by atomic mass is 79.9. The quantitative estimate of drug-likeness (QED) is 0.507. The SMILES string of the molecule is CCOC(=O)C(c1cccc(Br)c1)C(C(=O)OCC)c1cccc(Br)c1.